The van der Waals surface area contributed by atoms with Crippen molar-refractivity contribution in [3.05, 3.63) is 72.2 Å². The highest BCUT2D eigenvalue weighted by Crippen LogP contribution is 2.31. The third-order valence-corrected chi connectivity index (χ3v) is 5.19. The summed E-state index contributed by atoms with van der Waals surface area (Å²) >= 11 is 1.45. The zero-order valence-corrected chi connectivity index (χ0v) is 16.5. The van der Waals surface area contributed by atoms with Gasteiger partial charge in [0.2, 0.25) is 0 Å². The van der Waals surface area contributed by atoms with Crippen molar-refractivity contribution in [2.24, 2.45) is 0 Å². The van der Waals surface area contributed by atoms with Crippen LogP contribution in [0.25, 0.3) is 21.0 Å². The Hall–Kier alpha value is -3.72. The summed E-state index contributed by atoms with van der Waals surface area (Å²) in [5.74, 6) is -1.48. The molecule has 30 heavy (non-hydrogen) atoms. The minimum absolute atomic E-state index is 0.00670. The molecule has 0 saturated heterocycles. The highest BCUT2D eigenvalue weighted by molar-refractivity contribution is 7.21. The molecule has 152 valence electrons. The Bertz CT molecular complexity index is 1190. The maximum atomic E-state index is 13.6. The molecule has 4 aromatic rings. The van der Waals surface area contributed by atoms with E-state index in [2.05, 4.69) is 15.8 Å². The van der Waals surface area contributed by atoms with Gasteiger partial charge in [-0.1, -0.05) is 24.3 Å². The summed E-state index contributed by atoms with van der Waals surface area (Å²) in [5, 5.41) is 0.645. The number of para-hydroxylation sites is 2. The number of carbonyl (C=O) groups is 2. The zero-order chi connectivity index (χ0) is 21.1. The third kappa shape index (κ3) is 4.15. The van der Waals surface area contributed by atoms with E-state index in [1.54, 1.807) is 12.1 Å². The van der Waals surface area contributed by atoms with E-state index < -0.39 is 23.7 Å². The number of fused-ring (bicyclic) bond motifs is 1. The highest BCUT2D eigenvalue weighted by Gasteiger charge is 2.19. The summed E-state index contributed by atoms with van der Waals surface area (Å²) in [4.78, 5) is 28.8. The number of hydrogen-bond acceptors (Lipinski definition) is 6. The fourth-order valence-electron chi connectivity index (χ4n) is 2.62. The first-order chi connectivity index (χ1) is 14.5. The van der Waals surface area contributed by atoms with Gasteiger partial charge in [-0.2, -0.15) is 0 Å². The Balaban J connectivity index is 1.36. The average molecular weight is 425 g/mol. The number of nitrogens with one attached hydrogen (secondary N) is 2. The van der Waals surface area contributed by atoms with Crippen LogP contribution in [-0.4, -0.2) is 22.9 Å². The van der Waals surface area contributed by atoms with E-state index in [4.69, 9.17) is 9.15 Å². The van der Waals surface area contributed by atoms with Gasteiger partial charge in [0.15, 0.2) is 34.2 Å². The number of furan rings is 1. The van der Waals surface area contributed by atoms with Crippen LogP contribution in [0.15, 0.2) is 65.1 Å². The second-order valence-electron chi connectivity index (χ2n) is 6.28. The normalized spacial score (nSPS) is 11.8. The molecule has 0 fully saturated rings. The van der Waals surface area contributed by atoms with Gasteiger partial charge in [0, 0.05) is 0 Å². The molecule has 0 aliphatic carbocycles. The number of aromatic nitrogens is 1. The number of thiazole rings is 1. The molecule has 0 aliphatic rings. The predicted molar refractivity (Wildman–Crippen MR) is 109 cm³/mol. The van der Waals surface area contributed by atoms with Crippen LogP contribution in [0, 0.1) is 5.82 Å². The van der Waals surface area contributed by atoms with Gasteiger partial charge in [0.1, 0.15) is 0 Å². The summed E-state index contributed by atoms with van der Waals surface area (Å²) < 4.78 is 25.5. The van der Waals surface area contributed by atoms with E-state index in [1.807, 2.05) is 24.3 Å². The Morgan fingerprint density at radius 1 is 1.07 bits per heavy atom. The minimum atomic E-state index is -1.03. The molecular weight excluding hydrogens is 409 g/mol. The van der Waals surface area contributed by atoms with Crippen LogP contribution < -0.4 is 15.6 Å². The van der Waals surface area contributed by atoms with E-state index in [0.29, 0.717) is 10.8 Å². The molecule has 9 heteroatoms. The van der Waals surface area contributed by atoms with Crippen molar-refractivity contribution >= 4 is 33.4 Å². The molecule has 2 N–H and O–H groups in total. The molecule has 1 atom stereocenters. The number of amides is 2. The van der Waals surface area contributed by atoms with E-state index >= 15 is 0 Å². The maximum Gasteiger partial charge on any atom is 0.305 e. The topological polar surface area (TPSA) is 93.5 Å². The standard InChI is InChI=1S/C21H16FN3O4S/c1-12(28-15-8-4-2-6-13(15)22)19(26)24-25-20(27)16-10-11-17(29-16)21-23-14-7-3-5-9-18(14)30-21/h2-12H,1H3,(H,24,26)(H,25,27). The number of nitrogens with zero attached hydrogens (tertiary/aromatic N) is 1. The van der Waals surface area contributed by atoms with Gasteiger partial charge in [-0.15, -0.1) is 11.3 Å². The van der Waals surface area contributed by atoms with Crippen molar-refractivity contribution in [3.63, 3.8) is 0 Å². The van der Waals surface area contributed by atoms with Crippen LogP contribution >= 0.6 is 11.3 Å². The van der Waals surface area contributed by atoms with Crippen LogP contribution in [-0.2, 0) is 4.79 Å². The first-order valence-electron chi connectivity index (χ1n) is 8.98. The molecule has 2 heterocycles. The maximum absolute atomic E-state index is 13.6. The number of carbonyl (C=O) groups excluding carboxylic acids is 2. The summed E-state index contributed by atoms with van der Waals surface area (Å²) in [6, 6.07) is 16.5. The molecule has 0 spiro atoms. The largest absolute Gasteiger partial charge is 0.478 e. The van der Waals surface area contributed by atoms with Gasteiger partial charge in [0.05, 0.1) is 10.2 Å². The molecule has 2 amide bonds. The van der Waals surface area contributed by atoms with Gasteiger partial charge in [-0.05, 0) is 43.3 Å². The van der Waals surface area contributed by atoms with E-state index in [-0.39, 0.29) is 11.5 Å². The quantitative estimate of drug-likeness (QED) is 0.473. The van der Waals surface area contributed by atoms with Gasteiger partial charge >= 0.3 is 5.91 Å². The lowest BCUT2D eigenvalue weighted by Crippen LogP contribution is -2.47. The smallest absolute Gasteiger partial charge is 0.305 e. The lowest BCUT2D eigenvalue weighted by atomic mass is 10.3. The van der Waals surface area contributed by atoms with Crippen molar-refractivity contribution in [2.75, 3.05) is 0 Å². The molecule has 2 aromatic heterocycles. The molecule has 1 unspecified atom stereocenters. The number of hydrazine groups is 1. The first-order valence-corrected chi connectivity index (χ1v) is 9.80. The Morgan fingerprint density at radius 3 is 2.63 bits per heavy atom. The lowest BCUT2D eigenvalue weighted by Gasteiger charge is -2.15. The SMILES string of the molecule is CC(Oc1ccccc1F)C(=O)NNC(=O)c1ccc(-c2nc3ccccc3s2)o1. The van der Waals surface area contributed by atoms with E-state index in [1.165, 1.54) is 42.5 Å². The average Bonchev–Trinajstić information content (AvgIpc) is 3.40. The van der Waals surface area contributed by atoms with Crippen LogP contribution in [0.2, 0.25) is 0 Å². The molecular formula is C21H16FN3O4S. The van der Waals surface area contributed by atoms with Crippen molar-refractivity contribution < 1.29 is 23.1 Å². The Morgan fingerprint density at radius 2 is 1.83 bits per heavy atom. The fraction of sp³-hybridized carbons (Fsp3) is 0.0952. The number of hydrogen-bond donors (Lipinski definition) is 2. The number of ether oxygens (including phenoxy) is 1. The molecule has 0 bridgehead atoms. The number of benzene rings is 2. The lowest BCUT2D eigenvalue weighted by molar-refractivity contribution is -0.128. The second-order valence-corrected chi connectivity index (χ2v) is 7.32. The van der Waals surface area contributed by atoms with Gasteiger partial charge in [-0.25, -0.2) is 9.37 Å². The van der Waals surface area contributed by atoms with Crippen LogP contribution in [0.3, 0.4) is 0 Å². The van der Waals surface area contributed by atoms with Crippen LogP contribution in [0.5, 0.6) is 5.75 Å². The summed E-state index contributed by atoms with van der Waals surface area (Å²) in [7, 11) is 0. The summed E-state index contributed by atoms with van der Waals surface area (Å²) in [5.41, 5.74) is 5.32. The van der Waals surface area contributed by atoms with Crippen LogP contribution in [0.1, 0.15) is 17.5 Å². The molecule has 7 nitrogen and oxygen atoms in total. The minimum Gasteiger partial charge on any atom is -0.478 e. The van der Waals surface area contributed by atoms with Crippen molar-refractivity contribution in [2.45, 2.75) is 13.0 Å². The third-order valence-electron chi connectivity index (χ3n) is 4.14. The van der Waals surface area contributed by atoms with Crippen molar-refractivity contribution in [1.82, 2.24) is 15.8 Å². The summed E-state index contributed by atoms with van der Waals surface area (Å²) in [6.07, 6.45) is -1.03. The Labute approximate surface area is 174 Å². The van der Waals surface area contributed by atoms with E-state index in [0.717, 1.165) is 10.2 Å². The van der Waals surface area contributed by atoms with Gasteiger partial charge in [0.25, 0.3) is 5.91 Å². The first kappa shape index (κ1) is 19.6. The monoisotopic (exact) mass is 425 g/mol. The molecule has 2 aromatic carbocycles. The predicted octanol–water partition coefficient (Wildman–Crippen LogP) is 3.92. The molecule has 4 rings (SSSR count). The number of rotatable bonds is 5. The van der Waals surface area contributed by atoms with Crippen LogP contribution in [0.4, 0.5) is 4.39 Å². The fourth-order valence-corrected chi connectivity index (χ4v) is 3.55. The van der Waals surface area contributed by atoms with Gasteiger partial charge in [-0.3, -0.25) is 20.4 Å². The second kappa shape index (κ2) is 8.34. The van der Waals surface area contributed by atoms with Gasteiger partial charge < -0.3 is 9.15 Å². The van der Waals surface area contributed by atoms with E-state index in [9.17, 15) is 14.0 Å². The summed E-state index contributed by atoms with van der Waals surface area (Å²) in [6.45, 7) is 1.44. The zero-order valence-electron chi connectivity index (χ0n) is 15.7. The Kier molecular flexibility index (Phi) is 5.44. The molecule has 0 radical (unpaired) electrons. The molecule has 0 saturated carbocycles. The highest BCUT2D eigenvalue weighted by atomic mass is 32.1. The van der Waals surface area contributed by atoms with Crippen molar-refractivity contribution in [1.29, 1.82) is 0 Å². The number of halogens is 1. The molecule has 0 aliphatic heterocycles. The van der Waals surface area contributed by atoms with Crippen molar-refractivity contribution in [3.8, 4) is 16.5 Å².